The van der Waals surface area contributed by atoms with Gasteiger partial charge in [-0.1, -0.05) is 6.07 Å². The summed E-state index contributed by atoms with van der Waals surface area (Å²) in [5, 5.41) is 14.6. The number of fused-ring (bicyclic) bond motifs is 1. The van der Waals surface area contributed by atoms with E-state index in [9.17, 15) is 14.7 Å². The lowest BCUT2D eigenvalue weighted by Gasteiger charge is -2.31. The molecule has 148 valence electrons. The van der Waals surface area contributed by atoms with Crippen LogP contribution < -0.4 is 10.9 Å². The summed E-state index contributed by atoms with van der Waals surface area (Å²) in [7, 11) is 0. The molecule has 0 aliphatic heterocycles. The SMILES string of the molecule is CC(C)(O)Cn1ccc2c(NC(=O)C34C[C@@H]5CC3C[C@@H](C5)C4)cccc2c1=O. The van der Waals surface area contributed by atoms with E-state index in [1.165, 1.54) is 23.8 Å². The number of nitrogens with one attached hydrogen (secondary N) is 1. The summed E-state index contributed by atoms with van der Waals surface area (Å²) in [6, 6.07) is 7.36. The maximum absolute atomic E-state index is 13.3. The van der Waals surface area contributed by atoms with Gasteiger partial charge in [-0.05, 0) is 81.9 Å². The number of aliphatic hydroxyl groups is 1. The first-order valence-electron chi connectivity index (χ1n) is 10.4. The molecule has 0 saturated heterocycles. The number of hydrogen-bond acceptors (Lipinski definition) is 3. The van der Waals surface area contributed by atoms with Gasteiger partial charge in [0.1, 0.15) is 0 Å². The van der Waals surface area contributed by atoms with E-state index >= 15 is 0 Å². The van der Waals surface area contributed by atoms with Gasteiger partial charge < -0.3 is 15.0 Å². The lowest BCUT2D eigenvalue weighted by Crippen LogP contribution is -2.37. The van der Waals surface area contributed by atoms with E-state index in [4.69, 9.17) is 0 Å². The second-order valence-corrected chi connectivity index (χ2v) is 9.98. The van der Waals surface area contributed by atoms with Crippen LogP contribution in [0.1, 0.15) is 46.0 Å². The number of carbonyl (C=O) groups is 1. The van der Waals surface area contributed by atoms with Crippen molar-refractivity contribution in [2.75, 3.05) is 5.32 Å². The number of hydrogen-bond donors (Lipinski definition) is 2. The Kier molecular flexibility index (Phi) is 3.80. The van der Waals surface area contributed by atoms with Crippen LogP contribution >= 0.6 is 0 Å². The number of anilines is 1. The van der Waals surface area contributed by atoms with Crippen LogP contribution in [0.15, 0.2) is 35.3 Å². The van der Waals surface area contributed by atoms with Crippen LogP contribution in [0.2, 0.25) is 0 Å². The first-order valence-corrected chi connectivity index (χ1v) is 10.4. The van der Waals surface area contributed by atoms with Gasteiger partial charge in [-0.15, -0.1) is 0 Å². The Labute approximate surface area is 164 Å². The molecule has 0 spiro atoms. The second kappa shape index (κ2) is 5.93. The van der Waals surface area contributed by atoms with E-state index in [0.29, 0.717) is 11.3 Å². The zero-order valence-corrected chi connectivity index (χ0v) is 16.6. The average molecular weight is 380 g/mol. The number of amides is 1. The van der Waals surface area contributed by atoms with Gasteiger partial charge in [0, 0.05) is 22.7 Å². The minimum Gasteiger partial charge on any atom is -0.389 e. The molecule has 4 bridgehead atoms. The van der Waals surface area contributed by atoms with Gasteiger partial charge in [-0.25, -0.2) is 0 Å². The molecule has 4 aliphatic rings. The molecular formula is C23H28N2O3. The number of aromatic nitrogens is 1. The molecule has 4 fully saturated rings. The highest BCUT2D eigenvalue weighted by Gasteiger charge is 2.61. The zero-order chi connectivity index (χ0) is 19.7. The molecule has 4 saturated carbocycles. The lowest BCUT2D eigenvalue weighted by molar-refractivity contribution is -0.127. The molecule has 5 nitrogen and oxygen atoms in total. The van der Waals surface area contributed by atoms with Gasteiger partial charge in [0.2, 0.25) is 5.91 Å². The first kappa shape index (κ1) is 17.9. The van der Waals surface area contributed by atoms with E-state index in [1.807, 2.05) is 18.2 Å². The Morgan fingerprint density at radius 3 is 2.57 bits per heavy atom. The minimum absolute atomic E-state index is 0.144. The molecule has 4 atom stereocenters. The van der Waals surface area contributed by atoms with Gasteiger partial charge in [-0.3, -0.25) is 9.59 Å². The zero-order valence-electron chi connectivity index (χ0n) is 16.6. The molecule has 1 aromatic carbocycles. The van der Waals surface area contributed by atoms with Gasteiger partial charge in [0.05, 0.1) is 17.6 Å². The summed E-state index contributed by atoms with van der Waals surface area (Å²) in [5.74, 6) is 2.14. The average Bonchev–Trinajstić information content (AvgIpc) is 3.02. The fourth-order valence-corrected chi connectivity index (χ4v) is 6.38. The molecule has 6 rings (SSSR count). The molecule has 1 aromatic heterocycles. The second-order valence-electron chi connectivity index (χ2n) is 9.98. The van der Waals surface area contributed by atoms with Gasteiger partial charge in [0.15, 0.2) is 0 Å². The summed E-state index contributed by atoms with van der Waals surface area (Å²) in [4.78, 5) is 26.2. The van der Waals surface area contributed by atoms with Crippen molar-refractivity contribution in [3.63, 3.8) is 0 Å². The molecular weight excluding hydrogens is 352 g/mol. The number of carbonyl (C=O) groups excluding carboxylic acids is 1. The standard InChI is InChI=1S/C23H28N2O3/c1-22(2,28)13-25-7-6-17-18(20(25)26)4-3-5-19(17)24-21(27)23-11-14-8-15(12-23)10-16(23)9-14/h3-7,14-16,28H,8-13H2,1-2H3,(H,24,27)/t14-,15+,16?,23?. The quantitative estimate of drug-likeness (QED) is 0.852. The fraction of sp³-hybridized carbons (Fsp3) is 0.565. The molecule has 2 N–H and O–H groups in total. The Morgan fingerprint density at radius 1 is 1.18 bits per heavy atom. The van der Waals surface area contributed by atoms with E-state index in [2.05, 4.69) is 5.32 Å². The van der Waals surface area contributed by atoms with E-state index in [-0.39, 0.29) is 23.4 Å². The number of rotatable bonds is 4. The van der Waals surface area contributed by atoms with Crippen molar-refractivity contribution in [2.24, 2.45) is 23.2 Å². The highest BCUT2D eigenvalue weighted by molar-refractivity contribution is 6.04. The topological polar surface area (TPSA) is 71.3 Å². The highest BCUT2D eigenvalue weighted by atomic mass is 16.3. The number of nitrogens with zero attached hydrogens (tertiary/aromatic N) is 1. The maximum atomic E-state index is 13.3. The van der Waals surface area contributed by atoms with Gasteiger partial charge in [-0.2, -0.15) is 0 Å². The van der Waals surface area contributed by atoms with E-state index < -0.39 is 5.60 Å². The third kappa shape index (κ3) is 2.71. The monoisotopic (exact) mass is 380 g/mol. The molecule has 5 heteroatoms. The lowest BCUT2D eigenvalue weighted by atomic mass is 9.75. The highest BCUT2D eigenvalue weighted by Crippen LogP contribution is 2.65. The molecule has 2 aromatic rings. The summed E-state index contributed by atoms with van der Waals surface area (Å²) < 4.78 is 1.53. The Balaban J connectivity index is 1.48. The van der Waals surface area contributed by atoms with Crippen molar-refractivity contribution in [1.29, 1.82) is 0 Å². The molecule has 0 radical (unpaired) electrons. The van der Waals surface area contributed by atoms with Crippen LogP contribution in [-0.2, 0) is 11.3 Å². The first-order chi connectivity index (χ1) is 13.2. The summed E-state index contributed by atoms with van der Waals surface area (Å²) >= 11 is 0. The fourth-order valence-electron chi connectivity index (χ4n) is 6.38. The Morgan fingerprint density at radius 2 is 1.89 bits per heavy atom. The summed E-state index contributed by atoms with van der Waals surface area (Å²) in [6.07, 6.45) is 7.49. The van der Waals surface area contributed by atoms with Crippen LogP contribution in [0.25, 0.3) is 10.8 Å². The van der Waals surface area contributed by atoms with Crippen LogP contribution in [0.3, 0.4) is 0 Å². The third-order valence-corrected chi connectivity index (χ3v) is 7.27. The van der Waals surface area contributed by atoms with Crippen LogP contribution in [0.5, 0.6) is 0 Å². The van der Waals surface area contributed by atoms with Crippen molar-refractivity contribution in [3.05, 3.63) is 40.8 Å². The minimum atomic E-state index is -0.969. The molecule has 1 amide bonds. The summed E-state index contributed by atoms with van der Waals surface area (Å²) in [6.45, 7) is 3.60. The molecule has 4 aliphatic carbocycles. The molecule has 28 heavy (non-hydrogen) atoms. The van der Waals surface area contributed by atoms with E-state index in [0.717, 1.165) is 35.8 Å². The van der Waals surface area contributed by atoms with Crippen molar-refractivity contribution in [1.82, 2.24) is 4.57 Å². The number of benzene rings is 1. The van der Waals surface area contributed by atoms with Gasteiger partial charge in [0.25, 0.3) is 5.56 Å². The van der Waals surface area contributed by atoms with Gasteiger partial charge >= 0.3 is 0 Å². The van der Waals surface area contributed by atoms with Crippen molar-refractivity contribution in [3.8, 4) is 0 Å². The van der Waals surface area contributed by atoms with Crippen LogP contribution in [0, 0.1) is 23.2 Å². The maximum Gasteiger partial charge on any atom is 0.258 e. The van der Waals surface area contributed by atoms with Crippen LogP contribution in [0.4, 0.5) is 5.69 Å². The van der Waals surface area contributed by atoms with Crippen molar-refractivity contribution < 1.29 is 9.90 Å². The normalized spacial score (nSPS) is 30.9. The smallest absolute Gasteiger partial charge is 0.258 e. The van der Waals surface area contributed by atoms with Crippen molar-refractivity contribution in [2.45, 2.75) is 58.1 Å². The molecule has 1 heterocycles. The predicted molar refractivity (Wildman–Crippen MR) is 109 cm³/mol. The number of pyridine rings is 1. The molecule has 2 unspecified atom stereocenters. The summed E-state index contributed by atoms with van der Waals surface area (Å²) in [5.41, 5.74) is -0.583. The Hall–Kier alpha value is -2.14. The van der Waals surface area contributed by atoms with Crippen LogP contribution in [-0.4, -0.2) is 21.2 Å². The van der Waals surface area contributed by atoms with Crippen molar-refractivity contribution >= 4 is 22.4 Å². The van der Waals surface area contributed by atoms with E-state index in [1.54, 1.807) is 26.1 Å². The third-order valence-electron chi connectivity index (χ3n) is 7.27. The largest absolute Gasteiger partial charge is 0.389 e. The predicted octanol–water partition coefficient (Wildman–Crippen LogP) is 3.54. The Bertz CT molecular complexity index is 1000.